The van der Waals surface area contributed by atoms with E-state index in [9.17, 15) is 8.42 Å². The maximum absolute atomic E-state index is 12.2. The number of fused-ring (bicyclic) bond motifs is 1. The summed E-state index contributed by atoms with van der Waals surface area (Å²) in [5.74, 6) is 0. The fraction of sp³-hybridized carbons (Fsp3) is 0.538. The minimum atomic E-state index is -3.38. The molecular formula is C13H21N3O2S. The lowest BCUT2D eigenvalue weighted by Gasteiger charge is -2.23. The molecule has 1 heterocycles. The predicted molar refractivity (Wildman–Crippen MR) is 77.6 cm³/mol. The van der Waals surface area contributed by atoms with E-state index in [0.29, 0.717) is 6.54 Å². The first-order chi connectivity index (χ1) is 8.87. The Hall–Kier alpha value is -1.11. The molecule has 1 aromatic rings. The van der Waals surface area contributed by atoms with Gasteiger partial charge in [0.15, 0.2) is 0 Å². The Kier molecular flexibility index (Phi) is 3.85. The lowest BCUT2D eigenvalue weighted by molar-refractivity contribution is 0.517. The van der Waals surface area contributed by atoms with Gasteiger partial charge >= 0.3 is 10.2 Å². The fourth-order valence-corrected chi connectivity index (χ4v) is 3.41. The van der Waals surface area contributed by atoms with Crippen LogP contribution in [-0.2, 0) is 16.6 Å². The zero-order chi connectivity index (χ0) is 14.2. The molecule has 0 bridgehead atoms. The van der Waals surface area contributed by atoms with Gasteiger partial charge in [0.1, 0.15) is 0 Å². The molecule has 0 aliphatic carbocycles. The van der Waals surface area contributed by atoms with Gasteiger partial charge in [0.05, 0.1) is 5.69 Å². The van der Waals surface area contributed by atoms with Gasteiger partial charge in [0.2, 0.25) is 0 Å². The molecule has 1 aliphatic rings. The highest BCUT2D eigenvalue weighted by Crippen LogP contribution is 2.32. The third kappa shape index (κ3) is 2.48. The van der Waals surface area contributed by atoms with Crippen molar-refractivity contribution in [3.8, 4) is 0 Å². The van der Waals surface area contributed by atoms with Gasteiger partial charge in [0.25, 0.3) is 0 Å². The van der Waals surface area contributed by atoms with E-state index in [1.54, 1.807) is 14.1 Å². The first kappa shape index (κ1) is 14.3. The van der Waals surface area contributed by atoms with Crippen LogP contribution < -0.4 is 9.62 Å². The Balaban J connectivity index is 2.38. The largest absolute Gasteiger partial charge is 0.313 e. The summed E-state index contributed by atoms with van der Waals surface area (Å²) in [4.78, 5) is 0. The van der Waals surface area contributed by atoms with Crippen LogP contribution in [-0.4, -0.2) is 40.4 Å². The summed E-state index contributed by atoms with van der Waals surface area (Å²) in [6.07, 6.45) is 0.771. The van der Waals surface area contributed by atoms with E-state index in [0.717, 1.165) is 17.7 Å². The molecule has 0 radical (unpaired) electrons. The molecule has 2 rings (SSSR count). The fourth-order valence-electron chi connectivity index (χ4n) is 2.26. The van der Waals surface area contributed by atoms with E-state index in [-0.39, 0.29) is 6.04 Å². The third-order valence-electron chi connectivity index (χ3n) is 3.63. The van der Waals surface area contributed by atoms with Gasteiger partial charge < -0.3 is 5.32 Å². The highest BCUT2D eigenvalue weighted by Gasteiger charge is 2.31. The first-order valence-electron chi connectivity index (χ1n) is 6.38. The second kappa shape index (κ2) is 5.11. The number of nitrogens with zero attached hydrogens (tertiary/aromatic N) is 2. The van der Waals surface area contributed by atoms with Gasteiger partial charge in [-0.2, -0.15) is 12.7 Å². The van der Waals surface area contributed by atoms with Crippen LogP contribution in [0.1, 0.15) is 24.1 Å². The van der Waals surface area contributed by atoms with Crippen LogP contribution in [0.2, 0.25) is 0 Å². The molecule has 1 aliphatic heterocycles. The summed E-state index contributed by atoms with van der Waals surface area (Å²) in [6, 6.07) is 6.27. The predicted octanol–water partition coefficient (Wildman–Crippen LogP) is 1.14. The molecule has 0 amide bonds. The number of anilines is 1. The molecule has 19 heavy (non-hydrogen) atoms. The number of hydrogen-bond acceptors (Lipinski definition) is 3. The topological polar surface area (TPSA) is 52.7 Å². The number of hydrogen-bond donors (Lipinski definition) is 1. The van der Waals surface area contributed by atoms with Gasteiger partial charge in [0, 0.05) is 26.7 Å². The van der Waals surface area contributed by atoms with Crippen molar-refractivity contribution in [1.82, 2.24) is 9.62 Å². The molecule has 1 unspecified atom stereocenters. The van der Waals surface area contributed by atoms with Crippen LogP contribution in [0.5, 0.6) is 0 Å². The highest BCUT2D eigenvalue weighted by atomic mass is 32.2. The van der Waals surface area contributed by atoms with Crippen LogP contribution in [0, 0.1) is 0 Å². The Morgan fingerprint density at radius 2 is 2.05 bits per heavy atom. The Morgan fingerprint density at radius 3 is 2.63 bits per heavy atom. The van der Waals surface area contributed by atoms with E-state index in [1.165, 1.54) is 14.2 Å². The number of benzene rings is 1. The lowest BCUT2D eigenvalue weighted by Crippen LogP contribution is -2.38. The summed E-state index contributed by atoms with van der Waals surface area (Å²) in [7, 11) is 1.66. The van der Waals surface area contributed by atoms with Gasteiger partial charge in [-0.25, -0.2) is 0 Å². The Morgan fingerprint density at radius 1 is 1.37 bits per heavy atom. The highest BCUT2D eigenvalue weighted by molar-refractivity contribution is 7.90. The minimum absolute atomic E-state index is 0.268. The molecule has 0 spiro atoms. The van der Waals surface area contributed by atoms with Gasteiger partial charge in [-0.3, -0.25) is 4.31 Å². The standard InChI is InChI=1S/C13H21N3O2S/c1-10(14-2)11-5-6-13-12(9-11)7-8-16(13)19(17,18)15(3)4/h5-6,9-10,14H,7-8H2,1-4H3. The van der Waals surface area contributed by atoms with Crippen molar-refractivity contribution in [2.45, 2.75) is 19.4 Å². The first-order valence-corrected chi connectivity index (χ1v) is 7.78. The van der Waals surface area contributed by atoms with Crippen LogP contribution in [0.25, 0.3) is 0 Å². The average molecular weight is 283 g/mol. The molecule has 106 valence electrons. The van der Waals surface area contributed by atoms with E-state index >= 15 is 0 Å². The van der Waals surface area contributed by atoms with Crippen LogP contribution in [0.4, 0.5) is 5.69 Å². The second-order valence-corrected chi connectivity index (χ2v) is 7.08. The normalized spacial score (nSPS) is 16.8. The van der Waals surface area contributed by atoms with Crippen molar-refractivity contribution in [2.24, 2.45) is 0 Å². The maximum Gasteiger partial charge on any atom is 0.303 e. The lowest BCUT2D eigenvalue weighted by atomic mass is 10.0. The quantitative estimate of drug-likeness (QED) is 0.901. The molecule has 1 atom stereocenters. The molecule has 1 aromatic carbocycles. The van der Waals surface area contributed by atoms with Gasteiger partial charge in [-0.1, -0.05) is 12.1 Å². The molecule has 1 N–H and O–H groups in total. The average Bonchev–Trinajstić information content (AvgIpc) is 2.80. The molecule has 5 nitrogen and oxygen atoms in total. The molecule has 0 aromatic heterocycles. The number of rotatable bonds is 4. The van der Waals surface area contributed by atoms with Crippen molar-refractivity contribution in [3.05, 3.63) is 29.3 Å². The smallest absolute Gasteiger partial charge is 0.303 e. The Labute approximate surface area is 115 Å². The molecule has 0 saturated heterocycles. The van der Waals surface area contributed by atoms with E-state index < -0.39 is 10.2 Å². The third-order valence-corrected chi connectivity index (χ3v) is 5.49. The molecule has 6 heteroatoms. The zero-order valence-electron chi connectivity index (χ0n) is 11.8. The summed E-state index contributed by atoms with van der Waals surface area (Å²) >= 11 is 0. The summed E-state index contributed by atoms with van der Waals surface area (Å²) in [5.41, 5.74) is 3.09. The van der Waals surface area contributed by atoms with Crippen molar-refractivity contribution in [1.29, 1.82) is 0 Å². The summed E-state index contributed by atoms with van der Waals surface area (Å²) in [6.45, 7) is 2.61. The summed E-state index contributed by atoms with van der Waals surface area (Å²) in [5, 5.41) is 3.19. The van der Waals surface area contributed by atoms with Crippen LogP contribution in [0.3, 0.4) is 0 Å². The van der Waals surface area contributed by atoms with E-state index in [2.05, 4.69) is 18.3 Å². The van der Waals surface area contributed by atoms with E-state index in [4.69, 9.17) is 0 Å². The van der Waals surface area contributed by atoms with Crippen LogP contribution >= 0.6 is 0 Å². The SMILES string of the molecule is CNC(C)c1ccc2c(c1)CCN2S(=O)(=O)N(C)C. The Bertz CT molecular complexity index is 569. The monoisotopic (exact) mass is 283 g/mol. The van der Waals surface area contributed by atoms with Crippen molar-refractivity contribution in [2.75, 3.05) is 32.0 Å². The minimum Gasteiger partial charge on any atom is -0.313 e. The summed E-state index contributed by atoms with van der Waals surface area (Å²) < 4.78 is 27.2. The van der Waals surface area contributed by atoms with E-state index in [1.807, 2.05) is 19.2 Å². The second-order valence-electron chi connectivity index (χ2n) is 5.01. The zero-order valence-corrected chi connectivity index (χ0v) is 12.7. The molecule has 0 saturated carbocycles. The molecule has 0 fully saturated rings. The molecular weight excluding hydrogens is 262 g/mol. The van der Waals surface area contributed by atoms with Crippen molar-refractivity contribution < 1.29 is 8.42 Å². The van der Waals surface area contributed by atoms with Gasteiger partial charge in [-0.05, 0) is 37.6 Å². The van der Waals surface area contributed by atoms with Crippen molar-refractivity contribution >= 4 is 15.9 Å². The van der Waals surface area contributed by atoms with Crippen molar-refractivity contribution in [3.63, 3.8) is 0 Å². The number of nitrogens with one attached hydrogen (secondary N) is 1. The maximum atomic E-state index is 12.2. The van der Waals surface area contributed by atoms with Crippen LogP contribution in [0.15, 0.2) is 18.2 Å². The van der Waals surface area contributed by atoms with Gasteiger partial charge in [-0.15, -0.1) is 0 Å².